The molecule has 0 fully saturated rings. The lowest BCUT2D eigenvalue weighted by atomic mass is 9.82. The van der Waals surface area contributed by atoms with Crippen molar-refractivity contribution < 1.29 is 27.3 Å². The van der Waals surface area contributed by atoms with Crippen LogP contribution in [0.25, 0.3) is 34.3 Å². The molecule has 0 bridgehead atoms. The van der Waals surface area contributed by atoms with Crippen LogP contribution in [0.4, 0.5) is 13.2 Å². The van der Waals surface area contributed by atoms with Gasteiger partial charge in [-0.1, -0.05) is 59.7 Å². The Balaban J connectivity index is 1.54. The fraction of sp³-hybridized carbons (Fsp3) is 0.261. The molecule has 9 heteroatoms. The first-order chi connectivity index (χ1) is 15.3. The minimum atomic E-state index is -4.74. The third-order valence-electron chi connectivity index (χ3n) is 5.77. The van der Waals surface area contributed by atoms with Crippen molar-refractivity contribution in [1.82, 2.24) is 15.3 Å². The summed E-state index contributed by atoms with van der Waals surface area (Å²) in [4.78, 5) is 4.14. The average molecular weight is 441 g/mol. The zero-order valence-electron chi connectivity index (χ0n) is 16.9. The van der Waals surface area contributed by atoms with E-state index in [1.54, 1.807) is 30.3 Å². The van der Waals surface area contributed by atoms with Gasteiger partial charge in [0.05, 0.1) is 6.10 Å². The number of aliphatic hydroxyl groups is 1. The van der Waals surface area contributed by atoms with E-state index in [1.165, 1.54) is 12.1 Å². The highest BCUT2D eigenvalue weighted by molar-refractivity contribution is 5.71. The molecule has 0 radical (unpaired) electrons. The van der Waals surface area contributed by atoms with Gasteiger partial charge < -0.3 is 14.2 Å². The van der Waals surface area contributed by atoms with Crippen LogP contribution in [0.1, 0.15) is 36.1 Å². The molecule has 0 spiro atoms. The van der Waals surface area contributed by atoms with Gasteiger partial charge in [-0.15, -0.1) is 0 Å². The predicted molar refractivity (Wildman–Crippen MR) is 108 cm³/mol. The molecule has 0 amide bonds. The number of rotatable bonds is 3. The normalized spacial score (nSPS) is 18.5. The van der Waals surface area contributed by atoms with E-state index in [-0.39, 0.29) is 23.0 Å². The number of aliphatic hydroxyl groups excluding tert-OH is 1. The third-order valence-corrected chi connectivity index (χ3v) is 5.77. The van der Waals surface area contributed by atoms with E-state index < -0.39 is 29.5 Å². The van der Waals surface area contributed by atoms with Gasteiger partial charge >= 0.3 is 6.18 Å². The fourth-order valence-corrected chi connectivity index (χ4v) is 4.02. The van der Waals surface area contributed by atoms with Gasteiger partial charge in [-0.2, -0.15) is 18.2 Å². The van der Waals surface area contributed by atoms with Crippen LogP contribution >= 0.6 is 0 Å². The molecule has 1 aliphatic rings. The molecule has 4 aromatic rings. The molecule has 2 atom stereocenters. The Morgan fingerprint density at radius 2 is 1.78 bits per heavy atom. The summed E-state index contributed by atoms with van der Waals surface area (Å²) in [5.74, 6) is -0.747. The van der Waals surface area contributed by atoms with Crippen molar-refractivity contribution in [1.29, 1.82) is 0 Å². The number of alkyl halides is 3. The summed E-state index contributed by atoms with van der Waals surface area (Å²) in [7, 11) is 0. The first-order valence-corrected chi connectivity index (χ1v) is 10.1. The number of aryl methyl sites for hydroxylation is 1. The van der Waals surface area contributed by atoms with Crippen LogP contribution in [0.5, 0.6) is 0 Å². The van der Waals surface area contributed by atoms with Crippen molar-refractivity contribution in [3.05, 3.63) is 65.2 Å². The second-order valence-corrected chi connectivity index (χ2v) is 7.90. The van der Waals surface area contributed by atoms with Crippen LogP contribution < -0.4 is 0 Å². The van der Waals surface area contributed by atoms with Crippen LogP contribution in [-0.2, 0) is 12.6 Å². The Hall–Kier alpha value is -3.46. The summed E-state index contributed by atoms with van der Waals surface area (Å²) >= 11 is 0. The number of hydrogen-bond acceptors (Lipinski definition) is 6. The number of halogens is 3. The van der Waals surface area contributed by atoms with Crippen molar-refractivity contribution >= 4 is 0 Å². The zero-order valence-corrected chi connectivity index (χ0v) is 16.9. The van der Waals surface area contributed by atoms with Crippen molar-refractivity contribution in [2.45, 2.75) is 32.0 Å². The molecule has 2 aromatic heterocycles. The fourth-order valence-electron chi connectivity index (χ4n) is 4.02. The smallest absolute Gasteiger partial charge is 0.388 e. The predicted octanol–water partition coefficient (Wildman–Crippen LogP) is 5.69. The second-order valence-electron chi connectivity index (χ2n) is 7.90. The van der Waals surface area contributed by atoms with E-state index >= 15 is 0 Å². The molecule has 1 aliphatic carbocycles. The molecule has 0 saturated heterocycles. The van der Waals surface area contributed by atoms with Gasteiger partial charge in [0.25, 0.3) is 5.89 Å². The monoisotopic (exact) mass is 441 g/mol. The number of aromatic nitrogens is 3. The minimum absolute atomic E-state index is 0.127. The highest BCUT2D eigenvalue weighted by atomic mass is 19.4. The van der Waals surface area contributed by atoms with Gasteiger partial charge in [-0.05, 0) is 36.0 Å². The number of nitrogens with zero attached hydrogens (tertiary/aromatic N) is 3. The number of fused-ring (bicyclic) bond motifs is 1. The quantitative estimate of drug-likeness (QED) is 0.439. The maximum absolute atomic E-state index is 13.9. The Labute approximate surface area is 180 Å². The first kappa shape index (κ1) is 20.4. The van der Waals surface area contributed by atoms with Gasteiger partial charge in [0, 0.05) is 11.1 Å². The van der Waals surface area contributed by atoms with Gasteiger partial charge in [-0.25, -0.2) is 0 Å². The molecule has 0 saturated carbocycles. The van der Waals surface area contributed by atoms with E-state index in [1.807, 2.05) is 13.0 Å². The lowest BCUT2D eigenvalue weighted by molar-refractivity contribution is -0.136. The van der Waals surface area contributed by atoms with Crippen molar-refractivity contribution in [3.63, 3.8) is 0 Å². The summed E-state index contributed by atoms with van der Waals surface area (Å²) in [5, 5.41) is 17.9. The first-order valence-electron chi connectivity index (χ1n) is 10.1. The number of hydrogen-bond donors (Lipinski definition) is 1. The van der Waals surface area contributed by atoms with Crippen LogP contribution in [0.15, 0.2) is 57.6 Å². The zero-order chi connectivity index (χ0) is 22.5. The molecule has 6 nitrogen and oxygen atoms in total. The van der Waals surface area contributed by atoms with E-state index in [9.17, 15) is 18.3 Å². The molecule has 2 heterocycles. The number of benzene rings is 2. The van der Waals surface area contributed by atoms with Crippen molar-refractivity contribution in [3.8, 4) is 34.3 Å². The molecule has 32 heavy (non-hydrogen) atoms. The summed E-state index contributed by atoms with van der Waals surface area (Å²) in [6.45, 7) is 1.99. The maximum Gasteiger partial charge on any atom is 0.422 e. The minimum Gasteiger partial charge on any atom is -0.388 e. The molecule has 5 rings (SSSR count). The van der Waals surface area contributed by atoms with Crippen LogP contribution in [-0.4, -0.2) is 20.4 Å². The van der Waals surface area contributed by atoms with E-state index in [2.05, 4.69) is 15.3 Å². The molecular weight excluding hydrogens is 423 g/mol. The molecule has 1 N–H and O–H groups in total. The lowest BCUT2D eigenvalue weighted by Crippen LogP contribution is -2.17. The summed E-state index contributed by atoms with van der Waals surface area (Å²) < 4.78 is 51.8. The van der Waals surface area contributed by atoms with Crippen LogP contribution in [0.3, 0.4) is 0 Å². The van der Waals surface area contributed by atoms with E-state index in [0.717, 1.165) is 24.0 Å². The highest BCUT2D eigenvalue weighted by Crippen LogP contribution is 2.43. The Morgan fingerprint density at radius 1 is 1.00 bits per heavy atom. The Morgan fingerprint density at radius 3 is 2.53 bits per heavy atom. The standard InChI is InChI=1S/C23H18F3N3O3/c1-12-7-8-14-11-15(9-10-16(14)19(12)30)21-27-22(32-29-21)20-17(23(24,25)26)18(28-31-20)13-5-3-2-4-6-13/h2-6,9-12,19,30H,7-8H2,1H3. The van der Waals surface area contributed by atoms with Gasteiger partial charge in [0.15, 0.2) is 0 Å². The van der Waals surface area contributed by atoms with Crippen LogP contribution in [0, 0.1) is 5.92 Å². The van der Waals surface area contributed by atoms with Gasteiger partial charge in [0.1, 0.15) is 11.3 Å². The summed E-state index contributed by atoms with van der Waals surface area (Å²) in [6.07, 6.45) is -3.67. The maximum atomic E-state index is 13.9. The van der Waals surface area contributed by atoms with Crippen LogP contribution in [0.2, 0.25) is 0 Å². The molecule has 0 aliphatic heterocycles. The van der Waals surface area contributed by atoms with Gasteiger partial charge in [-0.3, -0.25) is 0 Å². The topological polar surface area (TPSA) is 85.2 Å². The Bertz CT molecular complexity index is 1260. The van der Waals surface area contributed by atoms with Crippen molar-refractivity contribution in [2.24, 2.45) is 5.92 Å². The molecule has 164 valence electrons. The molecular formula is C23H18F3N3O3. The van der Waals surface area contributed by atoms with E-state index in [4.69, 9.17) is 9.05 Å². The van der Waals surface area contributed by atoms with Crippen molar-refractivity contribution in [2.75, 3.05) is 0 Å². The Kier molecular flexibility index (Phi) is 4.85. The molecule has 2 aromatic carbocycles. The third kappa shape index (κ3) is 3.48. The molecule has 2 unspecified atom stereocenters. The SMILES string of the molecule is CC1CCc2cc(-c3noc(-c4onc(-c5ccccc5)c4C(F)(F)F)n3)ccc2C1O. The summed E-state index contributed by atoms with van der Waals surface area (Å²) in [6, 6.07) is 13.3. The van der Waals surface area contributed by atoms with Gasteiger partial charge in [0.2, 0.25) is 11.6 Å². The largest absolute Gasteiger partial charge is 0.422 e. The average Bonchev–Trinajstić information content (AvgIpc) is 3.44. The second kappa shape index (κ2) is 7.59. The van der Waals surface area contributed by atoms with E-state index in [0.29, 0.717) is 5.56 Å². The summed E-state index contributed by atoms with van der Waals surface area (Å²) in [5.41, 5.74) is 1.24. The highest BCUT2D eigenvalue weighted by Gasteiger charge is 2.43. The lowest BCUT2D eigenvalue weighted by Gasteiger charge is -2.27.